The summed E-state index contributed by atoms with van der Waals surface area (Å²) in [5.41, 5.74) is 0. The van der Waals surface area contributed by atoms with Gasteiger partial charge in [-0.25, -0.2) is 0 Å². The van der Waals surface area contributed by atoms with E-state index < -0.39 is 47.4 Å². The van der Waals surface area contributed by atoms with E-state index in [4.69, 9.17) is 54.1 Å². The maximum Gasteiger partial charge on any atom is 0.241 e. The van der Waals surface area contributed by atoms with Crippen LogP contribution in [-0.4, -0.2) is 62.7 Å². The normalized spacial score (nSPS) is 43.8. The molecule has 0 aromatic rings. The number of hydrogen-bond donors (Lipinski definition) is 3. The molecule has 2 saturated heterocycles. The predicted molar refractivity (Wildman–Crippen MR) is 57.8 cm³/mol. The standard InChI is InChI=1S/C8H11Cl3O6/c9-8(10,11)7-16-5-3(14)4(2(13)1-12)15-6(5)17-7/h2-7,12-14H,1H2/t2?,3?,4-,5?,6-,7?/m0/s1. The Bertz CT molecular complexity index is 285. The van der Waals surface area contributed by atoms with Gasteiger partial charge in [-0.15, -0.1) is 0 Å². The van der Waals surface area contributed by atoms with Gasteiger partial charge in [0.25, 0.3) is 0 Å². The van der Waals surface area contributed by atoms with Crippen LogP contribution in [0, 0.1) is 0 Å². The van der Waals surface area contributed by atoms with E-state index >= 15 is 0 Å². The van der Waals surface area contributed by atoms with Crippen LogP contribution in [0.4, 0.5) is 0 Å². The summed E-state index contributed by atoms with van der Waals surface area (Å²) >= 11 is 16.7. The number of fused-ring (bicyclic) bond motifs is 1. The predicted octanol–water partition coefficient (Wildman–Crippen LogP) is -0.463. The number of hydrogen-bond acceptors (Lipinski definition) is 6. The largest absolute Gasteiger partial charge is 0.394 e. The van der Waals surface area contributed by atoms with Crippen LogP contribution < -0.4 is 0 Å². The molecule has 3 N–H and O–H groups in total. The zero-order valence-electron chi connectivity index (χ0n) is 8.37. The van der Waals surface area contributed by atoms with Gasteiger partial charge in [0, 0.05) is 0 Å². The van der Waals surface area contributed by atoms with Crippen molar-refractivity contribution in [3.63, 3.8) is 0 Å². The van der Waals surface area contributed by atoms with Gasteiger partial charge in [-0.3, -0.25) is 0 Å². The van der Waals surface area contributed by atoms with Crippen molar-refractivity contribution in [2.24, 2.45) is 0 Å². The smallest absolute Gasteiger partial charge is 0.241 e. The summed E-state index contributed by atoms with van der Waals surface area (Å²) in [6.45, 7) is -0.547. The first-order valence-corrected chi connectivity index (χ1v) is 5.98. The van der Waals surface area contributed by atoms with Gasteiger partial charge >= 0.3 is 0 Å². The van der Waals surface area contributed by atoms with E-state index in [1.807, 2.05) is 0 Å². The molecule has 0 amide bonds. The molecule has 6 nitrogen and oxygen atoms in total. The van der Waals surface area contributed by atoms with Gasteiger partial charge in [-0.1, -0.05) is 34.8 Å². The Balaban J connectivity index is 2.01. The van der Waals surface area contributed by atoms with E-state index in [9.17, 15) is 10.2 Å². The van der Waals surface area contributed by atoms with Crippen molar-refractivity contribution in [1.82, 2.24) is 0 Å². The monoisotopic (exact) mass is 308 g/mol. The molecular formula is C8H11Cl3O6. The molecule has 2 heterocycles. The molecule has 2 aliphatic heterocycles. The Morgan fingerprint density at radius 1 is 1.18 bits per heavy atom. The van der Waals surface area contributed by atoms with Crippen molar-refractivity contribution in [2.75, 3.05) is 6.61 Å². The van der Waals surface area contributed by atoms with Crippen LogP contribution in [0.2, 0.25) is 0 Å². The molecule has 2 aliphatic rings. The van der Waals surface area contributed by atoms with E-state index in [0.29, 0.717) is 0 Å². The minimum atomic E-state index is -1.79. The summed E-state index contributed by atoms with van der Waals surface area (Å²) in [6, 6.07) is 0. The first-order chi connectivity index (χ1) is 7.84. The average Bonchev–Trinajstić information content (AvgIpc) is 2.77. The summed E-state index contributed by atoms with van der Waals surface area (Å²) in [6.07, 6.45) is -6.33. The molecule has 0 saturated carbocycles. The quantitative estimate of drug-likeness (QED) is 0.598. The number of aliphatic hydroxyl groups excluding tert-OH is 3. The summed E-state index contributed by atoms with van der Waals surface area (Å²) in [5, 5.41) is 28.0. The third-order valence-corrected chi connectivity index (χ3v) is 3.14. The van der Waals surface area contributed by atoms with Gasteiger partial charge in [0.2, 0.25) is 10.1 Å². The molecule has 4 unspecified atom stereocenters. The minimum absolute atomic E-state index is 0.547. The summed E-state index contributed by atoms with van der Waals surface area (Å²) in [7, 11) is 0. The molecule has 9 heteroatoms. The first-order valence-electron chi connectivity index (χ1n) is 4.84. The van der Waals surface area contributed by atoms with Gasteiger partial charge in [-0.05, 0) is 0 Å². The van der Waals surface area contributed by atoms with Crippen LogP contribution in [0.1, 0.15) is 0 Å². The Labute approximate surface area is 112 Å². The number of ether oxygens (including phenoxy) is 3. The highest BCUT2D eigenvalue weighted by Gasteiger charge is 2.57. The lowest BCUT2D eigenvalue weighted by Gasteiger charge is -2.24. The summed E-state index contributed by atoms with van der Waals surface area (Å²) in [4.78, 5) is 0. The van der Waals surface area contributed by atoms with Crippen molar-refractivity contribution in [2.45, 2.75) is 40.8 Å². The number of aliphatic hydroxyl groups is 3. The Morgan fingerprint density at radius 2 is 1.82 bits per heavy atom. The van der Waals surface area contributed by atoms with Crippen LogP contribution in [0.5, 0.6) is 0 Å². The molecule has 0 aromatic carbocycles. The molecular weight excluding hydrogens is 298 g/mol. The maximum atomic E-state index is 9.81. The highest BCUT2D eigenvalue weighted by Crippen LogP contribution is 2.42. The molecule has 0 spiro atoms. The van der Waals surface area contributed by atoms with E-state index in [2.05, 4.69) is 0 Å². The van der Waals surface area contributed by atoms with Crippen molar-refractivity contribution in [3.05, 3.63) is 0 Å². The van der Waals surface area contributed by atoms with Gasteiger partial charge in [0.1, 0.15) is 24.4 Å². The molecule has 0 aliphatic carbocycles. The molecule has 0 aromatic heterocycles. The lowest BCUT2D eigenvalue weighted by Crippen LogP contribution is -2.42. The second kappa shape index (κ2) is 4.96. The second-order valence-corrected chi connectivity index (χ2v) is 6.19. The Kier molecular flexibility index (Phi) is 4.10. The van der Waals surface area contributed by atoms with E-state index in [1.54, 1.807) is 0 Å². The molecule has 6 atom stereocenters. The average molecular weight is 310 g/mol. The molecule has 0 radical (unpaired) electrons. The maximum absolute atomic E-state index is 9.81. The summed E-state index contributed by atoms with van der Waals surface area (Å²) < 4.78 is 13.8. The van der Waals surface area contributed by atoms with Crippen molar-refractivity contribution in [3.8, 4) is 0 Å². The lowest BCUT2D eigenvalue weighted by atomic mass is 10.1. The zero-order chi connectivity index (χ0) is 12.8. The zero-order valence-corrected chi connectivity index (χ0v) is 10.6. The minimum Gasteiger partial charge on any atom is -0.394 e. The first kappa shape index (κ1) is 14.0. The third-order valence-electron chi connectivity index (χ3n) is 2.60. The fourth-order valence-corrected chi connectivity index (χ4v) is 2.10. The molecule has 100 valence electrons. The second-order valence-electron chi connectivity index (χ2n) is 3.82. The van der Waals surface area contributed by atoms with E-state index in [1.165, 1.54) is 0 Å². The molecule has 2 rings (SSSR count). The van der Waals surface area contributed by atoms with Crippen LogP contribution in [0.15, 0.2) is 0 Å². The SMILES string of the molecule is OCC(O)[C@@H]1O[C@H]2OC(C(Cl)(Cl)Cl)OC2C1O. The van der Waals surface area contributed by atoms with Crippen LogP contribution in [0.25, 0.3) is 0 Å². The van der Waals surface area contributed by atoms with Crippen LogP contribution in [0.3, 0.4) is 0 Å². The fourth-order valence-electron chi connectivity index (χ4n) is 1.79. The molecule has 17 heavy (non-hydrogen) atoms. The van der Waals surface area contributed by atoms with E-state index in [0.717, 1.165) is 0 Å². The Morgan fingerprint density at radius 3 is 2.29 bits per heavy atom. The number of alkyl halides is 3. The highest BCUT2D eigenvalue weighted by atomic mass is 35.6. The van der Waals surface area contributed by atoms with Crippen molar-refractivity contribution >= 4 is 34.8 Å². The van der Waals surface area contributed by atoms with Crippen molar-refractivity contribution in [1.29, 1.82) is 0 Å². The van der Waals surface area contributed by atoms with Gasteiger partial charge in [0.15, 0.2) is 6.29 Å². The summed E-state index contributed by atoms with van der Waals surface area (Å²) in [5.74, 6) is 0. The topological polar surface area (TPSA) is 88.4 Å². The number of rotatable bonds is 2. The Hall–Kier alpha value is 0.630. The molecule has 2 fully saturated rings. The third kappa shape index (κ3) is 2.65. The fraction of sp³-hybridized carbons (Fsp3) is 1.00. The van der Waals surface area contributed by atoms with Gasteiger partial charge < -0.3 is 29.5 Å². The highest BCUT2D eigenvalue weighted by molar-refractivity contribution is 6.67. The van der Waals surface area contributed by atoms with E-state index in [-0.39, 0.29) is 0 Å². The van der Waals surface area contributed by atoms with Crippen LogP contribution >= 0.6 is 34.8 Å². The van der Waals surface area contributed by atoms with Gasteiger partial charge in [-0.2, -0.15) is 0 Å². The lowest BCUT2D eigenvalue weighted by molar-refractivity contribution is -0.188. The van der Waals surface area contributed by atoms with Crippen molar-refractivity contribution < 1.29 is 29.5 Å². The van der Waals surface area contributed by atoms with Gasteiger partial charge in [0.05, 0.1) is 6.61 Å². The molecule has 0 bridgehead atoms. The van der Waals surface area contributed by atoms with Crippen LogP contribution in [-0.2, 0) is 14.2 Å². The number of halogens is 3.